The molecule has 2 N–H and O–H groups in total. The lowest BCUT2D eigenvalue weighted by atomic mass is 10.2. The van der Waals surface area contributed by atoms with E-state index in [2.05, 4.69) is 30.5 Å². The van der Waals surface area contributed by atoms with Crippen LogP contribution in [0.15, 0.2) is 48.9 Å². The molecule has 169 valence electrons. The number of pyridine rings is 1. The Hall–Kier alpha value is -3.40. The third-order valence-electron chi connectivity index (χ3n) is 5.63. The molecule has 5 rings (SSSR count). The number of aliphatic hydroxyl groups excluding tert-OH is 1. The molecule has 33 heavy (non-hydrogen) atoms. The van der Waals surface area contributed by atoms with Crippen molar-refractivity contribution in [2.75, 3.05) is 43.5 Å². The highest BCUT2D eigenvalue weighted by atomic mass is 35.5. The number of imidazole rings is 1. The Bertz CT molecular complexity index is 1290. The number of rotatable bonds is 6. The Kier molecular flexibility index (Phi) is 5.99. The van der Waals surface area contributed by atoms with Crippen LogP contribution in [-0.4, -0.2) is 57.7 Å². The topological polar surface area (TPSA) is 102 Å². The molecule has 0 saturated carbocycles. The lowest BCUT2D eigenvalue weighted by Crippen LogP contribution is -2.40. The molecule has 4 heterocycles. The van der Waals surface area contributed by atoms with Crippen molar-refractivity contribution >= 4 is 34.6 Å². The van der Waals surface area contributed by atoms with Gasteiger partial charge in [-0.15, -0.1) is 0 Å². The highest BCUT2D eigenvalue weighted by Crippen LogP contribution is 2.33. The molecule has 0 bridgehead atoms. The summed E-state index contributed by atoms with van der Waals surface area (Å²) in [6.45, 7) is 3.38. The lowest BCUT2D eigenvalue weighted by Gasteiger charge is -2.29. The summed E-state index contributed by atoms with van der Waals surface area (Å²) in [4.78, 5) is 15.7. The fraction of sp³-hybridized carbons (Fsp3) is 0.261. The highest BCUT2D eigenvalue weighted by Gasteiger charge is 2.17. The summed E-state index contributed by atoms with van der Waals surface area (Å²) in [5.74, 6) is 1.07. The molecular formula is C23H23ClN7O2. The monoisotopic (exact) mass is 464 g/mol. The van der Waals surface area contributed by atoms with Crippen LogP contribution in [-0.2, 0) is 6.61 Å². The van der Waals surface area contributed by atoms with E-state index >= 15 is 0 Å². The maximum absolute atomic E-state index is 9.60. The van der Waals surface area contributed by atoms with Crippen LogP contribution in [0.5, 0.6) is 5.75 Å². The van der Waals surface area contributed by atoms with Crippen molar-refractivity contribution in [3.05, 3.63) is 59.5 Å². The molecule has 1 fully saturated rings. The second-order valence-corrected chi connectivity index (χ2v) is 7.99. The number of piperazine rings is 1. The lowest BCUT2D eigenvalue weighted by molar-refractivity contribution is 0.282. The van der Waals surface area contributed by atoms with Crippen molar-refractivity contribution in [2.45, 2.75) is 6.61 Å². The molecule has 1 aromatic carbocycles. The Morgan fingerprint density at radius 1 is 1.15 bits per heavy atom. The average molecular weight is 465 g/mol. The van der Waals surface area contributed by atoms with Crippen molar-refractivity contribution in [1.29, 1.82) is 0 Å². The Morgan fingerprint density at radius 3 is 2.79 bits per heavy atom. The van der Waals surface area contributed by atoms with Gasteiger partial charge in [-0.05, 0) is 18.2 Å². The van der Waals surface area contributed by atoms with Gasteiger partial charge in [0.1, 0.15) is 17.1 Å². The number of halogens is 1. The van der Waals surface area contributed by atoms with Crippen LogP contribution < -0.4 is 20.3 Å². The van der Waals surface area contributed by atoms with Crippen LogP contribution >= 0.6 is 11.6 Å². The minimum Gasteiger partial charge on any atom is -0.494 e. The number of anilines is 3. The first kappa shape index (κ1) is 21.4. The van der Waals surface area contributed by atoms with Gasteiger partial charge < -0.3 is 20.1 Å². The third-order valence-corrected chi connectivity index (χ3v) is 5.90. The van der Waals surface area contributed by atoms with Crippen LogP contribution in [0.4, 0.5) is 17.3 Å². The number of aromatic nitrogens is 4. The normalized spacial score (nSPS) is 14.0. The van der Waals surface area contributed by atoms with E-state index in [4.69, 9.17) is 16.3 Å². The van der Waals surface area contributed by atoms with E-state index in [0.717, 1.165) is 43.1 Å². The number of aliphatic hydroxyl groups is 1. The predicted molar refractivity (Wildman–Crippen MR) is 128 cm³/mol. The van der Waals surface area contributed by atoms with Gasteiger partial charge in [-0.1, -0.05) is 17.7 Å². The van der Waals surface area contributed by atoms with E-state index in [1.54, 1.807) is 19.5 Å². The fourth-order valence-corrected chi connectivity index (χ4v) is 4.13. The fourth-order valence-electron chi connectivity index (χ4n) is 3.94. The predicted octanol–water partition coefficient (Wildman–Crippen LogP) is 3.11. The molecule has 9 nitrogen and oxygen atoms in total. The maximum atomic E-state index is 9.60. The molecule has 1 saturated heterocycles. The summed E-state index contributed by atoms with van der Waals surface area (Å²) in [7, 11) is 1.64. The van der Waals surface area contributed by atoms with Crippen LogP contribution in [0.3, 0.4) is 0 Å². The summed E-state index contributed by atoms with van der Waals surface area (Å²) in [6, 6.07) is 9.69. The number of nitrogens with zero attached hydrogens (tertiary/aromatic N) is 6. The summed E-state index contributed by atoms with van der Waals surface area (Å²) < 4.78 is 7.48. The smallest absolute Gasteiger partial charge is 0.227 e. The molecule has 10 heteroatoms. The van der Waals surface area contributed by atoms with E-state index in [0.29, 0.717) is 33.8 Å². The summed E-state index contributed by atoms with van der Waals surface area (Å²) in [5.41, 5.74) is 4.45. The standard InChI is InChI=1S/C23H23ClN7O2/c1-33-20-11-16(30-9-6-25-7-10-30)4-5-18(20)28-23-27-12-17(24)21(29-23)19-13-26-22-15(14-32)3-2-8-31(19)22/h2-5,8,11-13,32H,6-7,9-10,14H2,1H3,(H,27,28,29). The molecule has 0 aliphatic carbocycles. The zero-order valence-corrected chi connectivity index (χ0v) is 18.8. The van der Waals surface area contributed by atoms with Gasteiger partial charge in [0.2, 0.25) is 5.95 Å². The molecule has 0 unspecified atom stereocenters. The van der Waals surface area contributed by atoms with Crippen molar-refractivity contribution in [3.8, 4) is 17.1 Å². The first-order valence-corrected chi connectivity index (χ1v) is 11.0. The van der Waals surface area contributed by atoms with Gasteiger partial charge in [0.15, 0.2) is 0 Å². The van der Waals surface area contributed by atoms with Gasteiger partial charge in [-0.2, -0.15) is 0 Å². The Morgan fingerprint density at radius 2 is 2.00 bits per heavy atom. The number of benzene rings is 1. The van der Waals surface area contributed by atoms with E-state index in [9.17, 15) is 5.11 Å². The van der Waals surface area contributed by atoms with Crippen LogP contribution in [0.25, 0.3) is 17.0 Å². The number of ether oxygens (including phenoxy) is 1. The first-order chi connectivity index (χ1) is 16.2. The van der Waals surface area contributed by atoms with Gasteiger partial charge in [0, 0.05) is 49.7 Å². The average Bonchev–Trinajstić information content (AvgIpc) is 3.30. The van der Waals surface area contributed by atoms with Crippen molar-refractivity contribution in [3.63, 3.8) is 0 Å². The summed E-state index contributed by atoms with van der Waals surface area (Å²) in [6.07, 6.45) is 5.10. The van der Waals surface area contributed by atoms with Crippen molar-refractivity contribution < 1.29 is 9.84 Å². The first-order valence-electron chi connectivity index (χ1n) is 10.6. The van der Waals surface area contributed by atoms with Crippen LogP contribution in [0.2, 0.25) is 5.02 Å². The van der Waals surface area contributed by atoms with Crippen LogP contribution in [0.1, 0.15) is 5.56 Å². The number of hydrogen-bond acceptors (Lipinski definition) is 7. The largest absolute Gasteiger partial charge is 0.494 e. The highest BCUT2D eigenvalue weighted by molar-refractivity contribution is 6.32. The quantitative estimate of drug-likeness (QED) is 0.452. The summed E-state index contributed by atoms with van der Waals surface area (Å²) in [5, 5.41) is 17.6. The molecule has 0 atom stereocenters. The number of fused-ring (bicyclic) bond motifs is 1. The van der Waals surface area contributed by atoms with Gasteiger partial charge in [-0.3, -0.25) is 4.40 Å². The number of methoxy groups -OCH3 is 1. The molecule has 1 radical (unpaired) electrons. The minimum absolute atomic E-state index is 0.104. The molecule has 3 aromatic heterocycles. The van der Waals surface area contributed by atoms with Gasteiger partial charge in [-0.25, -0.2) is 20.3 Å². The second kappa shape index (κ2) is 9.22. The molecule has 1 aliphatic heterocycles. The molecule has 4 aromatic rings. The van der Waals surface area contributed by atoms with E-state index in [1.165, 1.54) is 0 Å². The number of hydrogen-bond donors (Lipinski definition) is 2. The Balaban J connectivity index is 1.47. The molecule has 0 spiro atoms. The summed E-state index contributed by atoms with van der Waals surface area (Å²) >= 11 is 6.45. The van der Waals surface area contributed by atoms with E-state index in [-0.39, 0.29) is 6.61 Å². The maximum Gasteiger partial charge on any atom is 0.227 e. The Labute approximate surface area is 196 Å². The number of nitrogens with one attached hydrogen (secondary N) is 1. The zero-order chi connectivity index (χ0) is 22.8. The zero-order valence-electron chi connectivity index (χ0n) is 18.1. The SMILES string of the molecule is COc1cc(N2CC[N]CC2)ccc1Nc1ncc(Cl)c(-c2cnc3c(CO)cccn23)n1. The van der Waals surface area contributed by atoms with Gasteiger partial charge in [0.25, 0.3) is 0 Å². The van der Waals surface area contributed by atoms with Crippen molar-refractivity contribution in [2.24, 2.45) is 0 Å². The molecular weight excluding hydrogens is 442 g/mol. The molecule has 0 amide bonds. The van der Waals surface area contributed by atoms with Gasteiger partial charge >= 0.3 is 0 Å². The van der Waals surface area contributed by atoms with E-state index < -0.39 is 0 Å². The molecule has 1 aliphatic rings. The van der Waals surface area contributed by atoms with Crippen LogP contribution in [0, 0.1) is 0 Å². The van der Waals surface area contributed by atoms with Gasteiger partial charge in [0.05, 0.1) is 42.5 Å². The third kappa shape index (κ3) is 4.18. The minimum atomic E-state index is -0.104. The second-order valence-electron chi connectivity index (χ2n) is 7.59. The van der Waals surface area contributed by atoms with Crippen molar-refractivity contribution in [1.82, 2.24) is 24.7 Å². The van der Waals surface area contributed by atoms with E-state index in [1.807, 2.05) is 40.9 Å².